The summed E-state index contributed by atoms with van der Waals surface area (Å²) in [7, 11) is 0. The monoisotopic (exact) mass is 322 g/mol. The van der Waals surface area contributed by atoms with Crippen LogP contribution in [0, 0.1) is 5.92 Å². The van der Waals surface area contributed by atoms with Crippen molar-refractivity contribution in [3.8, 4) is 0 Å². The van der Waals surface area contributed by atoms with Gasteiger partial charge in [0.1, 0.15) is 0 Å². The fourth-order valence-electron chi connectivity index (χ4n) is 3.82. The molecule has 0 unspecified atom stereocenters. The van der Waals surface area contributed by atoms with E-state index in [1.54, 1.807) is 0 Å². The summed E-state index contributed by atoms with van der Waals surface area (Å²) in [6, 6.07) is 0. The summed E-state index contributed by atoms with van der Waals surface area (Å²) < 4.78 is 6.42. The molecule has 4 atom stereocenters. The summed E-state index contributed by atoms with van der Waals surface area (Å²) >= 11 is 0. The predicted molar refractivity (Wildman–Crippen MR) is 94.3 cm³/mol. The molecule has 3 heteroatoms. The molecule has 132 valence electrons. The number of aliphatic hydroxyl groups excluding tert-OH is 1. The van der Waals surface area contributed by atoms with Crippen LogP contribution in [-0.4, -0.2) is 33.6 Å². The molecule has 2 N–H and O–H groups in total. The lowest BCUT2D eigenvalue weighted by Crippen LogP contribution is -2.49. The number of fused-ring (bicyclic) bond motifs is 2. The SMILES string of the molecule is C/C1=C\C=C(\C(C)C)CC[C@@]2(C)O[C@H](C1)C[C@@](C)(O)CC[C@@H]2O. The molecule has 1 fully saturated rings. The van der Waals surface area contributed by atoms with E-state index in [0.717, 1.165) is 19.3 Å². The number of rotatable bonds is 1. The average molecular weight is 322 g/mol. The van der Waals surface area contributed by atoms with Gasteiger partial charge in [0.15, 0.2) is 0 Å². The quantitative estimate of drug-likeness (QED) is 0.763. The standard InChI is InChI=1S/C20H34O3/c1-14(2)16-7-6-15(3)12-17-13-19(4,22)10-9-18(21)20(5,23-17)11-8-16/h6-7,14,17-18,21-22H,8-13H2,1-5H3/b15-6+,16-7+/t17-,18+,19+,20-/m1/s1. The van der Waals surface area contributed by atoms with E-state index in [1.165, 1.54) is 11.1 Å². The topological polar surface area (TPSA) is 49.7 Å². The average Bonchev–Trinajstić information content (AvgIpc) is 2.42. The molecule has 2 bridgehead atoms. The van der Waals surface area contributed by atoms with Gasteiger partial charge in [-0.25, -0.2) is 0 Å². The van der Waals surface area contributed by atoms with Gasteiger partial charge in [-0.2, -0.15) is 0 Å². The molecule has 0 spiro atoms. The first-order valence-corrected chi connectivity index (χ1v) is 9.06. The zero-order chi connectivity index (χ0) is 17.3. The minimum atomic E-state index is -0.768. The van der Waals surface area contributed by atoms with E-state index in [2.05, 4.69) is 32.9 Å². The second-order valence-electron chi connectivity index (χ2n) is 8.42. The Labute approximate surface area is 141 Å². The van der Waals surface area contributed by atoms with Crippen molar-refractivity contribution in [2.75, 3.05) is 0 Å². The molecular formula is C20H34O3. The van der Waals surface area contributed by atoms with Crippen molar-refractivity contribution in [1.82, 2.24) is 0 Å². The Morgan fingerprint density at radius 3 is 2.57 bits per heavy atom. The van der Waals surface area contributed by atoms with E-state index in [9.17, 15) is 10.2 Å². The van der Waals surface area contributed by atoms with Gasteiger partial charge in [-0.3, -0.25) is 0 Å². The first-order chi connectivity index (χ1) is 10.6. The van der Waals surface area contributed by atoms with Crippen LogP contribution in [0.15, 0.2) is 23.3 Å². The number of hydrogen-bond acceptors (Lipinski definition) is 3. The van der Waals surface area contributed by atoms with Crippen molar-refractivity contribution in [1.29, 1.82) is 0 Å². The molecule has 3 nitrogen and oxygen atoms in total. The number of hydrogen-bond donors (Lipinski definition) is 2. The van der Waals surface area contributed by atoms with Gasteiger partial charge in [-0.1, -0.05) is 37.1 Å². The van der Waals surface area contributed by atoms with Gasteiger partial charge in [-0.05, 0) is 58.8 Å². The number of allylic oxidation sites excluding steroid dienone is 3. The van der Waals surface area contributed by atoms with Crippen molar-refractivity contribution >= 4 is 0 Å². The zero-order valence-electron chi connectivity index (χ0n) is 15.4. The molecule has 0 aliphatic carbocycles. The van der Waals surface area contributed by atoms with Gasteiger partial charge in [0.2, 0.25) is 0 Å². The molecule has 1 saturated heterocycles. The minimum Gasteiger partial charge on any atom is -0.390 e. The normalized spacial score (nSPS) is 44.5. The molecule has 0 saturated carbocycles. The summed E-state index contributed by atoms with van der Waals surface area (Å²) in [5, 5.41) is 21.3. The summed E-state index contributed by atoms with van der Waals surface area (Å²) in [6.07, 6.45) is 8.28. The molecule has 2 aliphatic rings. The molecule has 23 heavy (non-hydrogen) atoms. The van der Waals surface area contributed by atoms with E-state index < -0.39 is 17.3 Å². The molecule has 0 radical (unpaired) electrons. The number of ether oxygens (including phenoxy) is 1. The van der Waals surface area contributed by atoms with Crippen molar-refractivity contribution in [3.05, 3.63) is 23.3 Å². The van der Waals surface area contributed by atoms with Gasteiger partial charge in [0.25, 0.3) is 0 Å². The van der Waals surface area contributed by atoms with E-state index in [4.69, 9.17) is 4.74 Å². The van der Waals surface area contributed by atoms with Crippen LogP contribution in [0.2, 0.25) is 0 Å². The Balaban J connectivity index is 2.35. The van der Waals surface area contributed by atoms with Crippen LogP contribution in [0.5, 0.6) is 0 Å². The van der Waals surface area contributed by atoms with E-state index in [-0.39, 0.29) is 6.10 Å². The summed E-state index contributed by atoms with van der Waals surface area (Å²) in [6.45, 7) is 10.5. The highest BCUT2D eigenvalue weighted by molar-refractivity contribution is 5.20. The maximum absolute atomic E-state index is 10.7. The highest BCUT2D eigenvalue weighted by Gasteiger charge is 2.41. The fourth-order valence-corrected chi connectivity index (χ4v) is 3.82. The zero-order valence-corrected chi connectivity index (χ0v) is 15.4. The Kier molecular flexibility index (Phi) is 5.76. The molecule has 2 aliphatic heterocycles. The lowest BCUT2D eigenvalue weighted by molar-refractivity contribution is -0.182. The third-order valence-corrected chi connectivity index (χ3v) is 5.55. The van der Waals surface area contributed by atoms with Crippen LogP contribution in [0.4, 0.5) is 0 Å². The van der Waals surface area contributed by atoms with Crippen LogP contribution in [-0.2, 0) is 4.74 Å². The van der Waals surface area contributed by atoms with Crippen LogP contribution in [0.1, 0.15) is 73.1 Å². The Bertz CT molecular complexity index is 475. The second-order valence-corrected chi connectivity index (χ2v) is 8.42. The predicted octanol–water partition coefficient (Wildman–Crippen LogP) is 4.14. The molecule has 0 aromatic heterocycles. The van der Waals surface area contributed by atoms with Crippen molar-refractivity contribution in [3.63, 3.8) is 0 Å². The van der Waals surface area contributed by atoms with Crippen LogP contribution in [0.25, 0.3) is 0 Å². The van der Waals surface area contributed by atoms with E-state index >= 15 is 0 Å². The molecule has 0 amide bonds. The van der Waals surface area contributed by atoms with Gasteiger partial charge >= 0.3 is 0 Å². The molecular weight excluding hydrogens is 288 g/mol. The fraction of sp³-hybridized carbons (Fsp3) is 0.800. The third-order valence-electron chi connectivity index (χ3n) is 5.55. The largest absolute Gasteiger partial charge is 0.390 e. The Morgan fingerprint density at radius 2 is 1.91 bits per heavy atom. The highest BCUT2D eigenvalue weighted by atomic mass is 16.5. The smallest absolute Gasteiger partial charge is 0.0919 e. The van der Waals surface area contributed by atoms with E-state index in [1.807, 2.05) is 13.8 Å². The van der Waals surface area contributed by atoms with Crippen molar-refractivity contribution < 1.29 is 14.9 Å². The van der Waals surface area contributed by atoms with Gasteiger partial charge in [0.05, 0.1) is 23.4 Å². The Hall–Kier alpha value is -0.640. The van der Waals surface area contributed by atoms with Crippen molar-refractivity contribution in [2.24, 2.45) is 5.92 Å². The maximum atomic E-state index is 10.7. The molecule has 2 rings (SSSR count). The highest BCUT2D eigenvalue weighted by Crippen LogP contribution is 2.38. The van der Waals surface area contributed by atoms with Gasteiger partial charge in [-0.15, -0.1) is 0 Å². The first-order valence-electron chi connectivity index (χ1n) is 9.06. The van der Waals surface area contributed by atoms with E-state index in [0.29, 0.717) is 25.2 Å². The Morgan fingerprint density at radius 1 is 1.22 bits per heavy atom. The minimum absolute atomic E-state index is 0.0461. The van der Waals surface area contributed by atoms with Gasteiger partial charge < -0.3 is 14.9 Å². The molecule has 0 aromatic rings. The van der Waals surface area contributed by atoms with Crippen LogP contribution in [0.3, 0.4) is 0 Å². The lowest BCUT2D eigenvalue weighted by atomic mass is 9.80. The molecule has 2 heterocycles. The second kappa shape index (κ2) is 7.08. The van der Waals surface area contributed by atoms with Crippen LogP contribution < -0.4 is 0 Å². The lowest BCUT2D eigenvalue weighted by Gasteiger charge is -2.44. The third kappa shape index (κ3) is 4.91. The maximum Gasteiger partial charge on any atom is 0.0919 e. The first kappa shape index (κ1) is 18.7. The summed E-state index contributed by atoms with van der Waals surface area (Å²) in [4.78, 5) is 0. The number of aliphatic hydroxyl groups is 2. The summed E-state index contributed by atoms with van der Waals surface area (Å²) in [5.74, 6) is 0.504. The van der Waals surface area contributed by atoms with Crippen molar-refractivity contribution in [2.45, 2.75) is 96.6 Å². The summed E-state index contributed by atoms with van der Waals surface area (Å²) in [5.41, 5.74) is 1.38. The van der Waals surface area contributed by atoms with Crippen LogP contribution >= 0.6 is 0 Å². The van der Waals surface area contributed by atoms with Gasteiger partial charge in [0, 0.05) is 6.42 Å². The molecule has 0 aromatic carbocycles.